The molecule has 1 aromatic carbocycles. The molecule has 0 bridgehead atoms. The Balaban J connectivity index is 1.62. The van der Waals surface area contributed by atoms with Crippen molar-refractivity contribution < 1.29 is 22.7 Å². The molecule has 11 heteroatoms. The van der Waals surface area contributed by atoms with E-state index in [9.17, 15) is 23.2 Å². The molecule has 1 unspecified atom stereocenters. The first-order chi connectivity index (χ1) is 15.6. The lowest BCUT2D eigenvalue weighted by Gasteiger charge is -2.23. The number of pyridine rings is 1. The van der Waals surface area contributed by atoms with Crippen molar-refractivity contribution in [2.75, 3.05) is 0 Å². The molecule has 2 aromatic heterocycles. The summed E-state index contributed by atoms with van der Waals surface area (Å²) in [5.74, 6) is -0.365. The summed E-state index contributed by atoms with van der Waals surface area (Å²) < 4.78 is 45.7. The summed E-state index contributed by atoms with van der Waals surface area (Å²) in [6, 6.07) is 7.93. The number of aromatic nitrogens is 3. The maximum Gasteiger partial charge on any atom is 0.425 e. The van der Waals surface area contributed by atoms with Crippen molar-refractivity contribution in [3.05, 3.63) is 69.6 Å². The van der Waals surface area contributed by atoms with Crippen LogP contribution in [0.4, 0.5) is 13.2 Å². The van der Waals surface area contributed by atoms with Crippen LogP contribution >= 0.6 is 11.6 Å². The quantitative estimate of drug-likeness (QED) is 0.551. The van der Waals surface area contributed by atoms with E-state index in [-0.39, 0.29) is 35.0 Å². The fraction of sp³-hybridized carbons (Fsp3) is 0.273. The number of amides is 1. The number of aryl methyl sites for hydroxylation is 1. The molecule has 4 rings (SSSR count). The van der Waals surface area contributed by atoms with Gasteiger partial charge in [0.1, 0.15) is 17.4 Å². The maximum absolute atomic E-state index is 13.3. The molecule has 170 valence electrons. The van der Waals surface area contributed by atoms with Gasteiger partial charge in [-0.15, -0.1) is 0 Å². The Hall–Kier alpha value is -3.58. The number of nitrogens with zero attached hydrogens (tertiary/aromatic N) is 5. The normalized spacial score (nSPS) is 14.0. The Morgan fingerprint density at radius 3 is 2.70 bits per heavy atom. The van der Waals surface area contributed by atoms with Crippen LogP contribution in [0.2, 0.25) is 5.02 Å². The van der Waals surface area contributed by atoms with Crippen molar-refractivity contribution in [3.63, 3.8) is 0 Å². The third-order valence-corrected chi connectivity index (χ3v) is 5.60. The van der Waals surface area contributed by atoms with Crippen LogP contribution in [0.15, 0.2) is 36.7 Å². The summed E-state index contributed by atoms with van der Waals surface area (Å²) in [5.41, 5.74) is 2.08. The highest BCUT2D eigenvalue weighted by Crippen LogP contribution is 2.35. The van der Waals surface area contributed by atoms with Crippen molar-refractivity contribution in [2.24, 2.45) is 0 Å². The predicted molar refractivity (Wildman–Crippen MR) is 112 cm³/mol. The van der Waals surface area contributed by atoms with Gasteiger partial charge in [0.25, 0.3) is 5.91 Å². The lowest BCUT2D eigenvalue weighted by Crippen LogP contribution is -2.33. The van der Waals surface area contributed by atoms with Crippen LogP contribution in [0.5, 0.6) is 5.75 Å². The van der Waals surface area contributed by atoms with E-state index in [0.717, 1.165) is 24.1 Å². The van der Waals surface area contributed by atoms with Gasteiger partial charge >= 0.3 is 6.18 Å². The molecule has 1 aliphatic rings. The molecule has 0 saturated heterocycles. The van der Waals surface area contributed by atoms with E-state index in [4.69, 9.17) is 16.3 Å². The largest absolute Gasteiger partial charge is 0.480 e. The Morgan fingerprint density at radius 1 is 1.30 bits per heavy atom. The van der Waals surface area contributed by atoms with E-state index in [2.05, 4.69) is 10.1 Å². The first-order valence-corrected chi connectivity index (χ1v) is 10.2. The Morgan fingerprint density at radius 2 is 2.06 bits per heavy atom. The minimum Gasteiger partial charge on any atom is -0.480 e. The first-order valence-electron chi connectivity index (χ1n) is 9.84. The highest BCUT2D eigenvalue weighted by atomic mass is 35.5. The number of halogens is 4. The Kier molecular flexibility index (Phi) is 5.76. The Bertz CT molecular complexity index is 1260. The van der Waals surface area contributed by atoms with Crippen LogP contribution in [0.3, 0.4) is 0 Å². The molecule has 7 nitrogen and oxygen atoms in total. The second-order valence-electron chi connectivity index (χ2n) is 7.61. The number of benzene rings is 1. The van der Waals surface area contributed by atoms with Gasteiger partial charge in [-0.2, -0.15) is 23.5 Å². The van der Waals surface area contributed by atoms with Crippen molar-refractivity contribution in [1.29, 1.82) is 5.26 Å². The number of nitriles is 1. The van der Waals surface area contributed by atoms with Crippen molar-refractivity contribution in [1.82, 2.24) is 19.7 Å². The van der Waals surface area contributed by atoms with E-state index < -0.39 is 18.2 Å². The lowest BCUT2D eigenvalue weighted by atomic mass is 10.1. The zero-order chi connectivity index (χ0) is 23.9. The van der Waals surface area contributed by atoms with Crippen LogP contribution in [0.25, 0.3) is 5.82 Å². The Labute approximate surface area is 192 Å². The third kappa shape index (κ3) is 4.36. The first kappa shape index (κ1) is 22.6. The van der Waals surface area contributed by atoms with Crippen molar-refractivity contribution in [2.45, 2.75) is 39.2 Å². The second kappa shape index (κ2) is 8.41. The lowest BCUT2D eigenvalue weighted by molar-refractivity contribution is -0.189. The fourth-order valence-corrected chi connectivity index (χ4v) is 3.70. The van der Waals surface area contributed by atoms with Gasteiger partial charge in [-0.05, 0) is 43.7 Å². The molecule has 1 aliphatic heterocycles. The van der Waals surface area contributed by atoms with Gasteiger partial charge in [0.2, 0.25) is 0 Å². The molecule has 3 aromatic rings. The number of carbonyl (C=O) groups is 1. The monoisotopic (exact) mass is 475 g/mol. The minimum absolute atomic E-state index is 0.0420. The predicted octanol–water partition coefficient (Wildman–Crippen LogP) is 4.59. The summed E-state index contributed by atoms with van der Waals surface area (Å²) in [5, 5.41) is 13.5. The zero-order valence-electron chi connectivity index (χ0n) is 17.5. The van der Waals surface area contributed by atoms with Crippen LogP contribution in [0.1, 0.15) is 39.7 Å². The maximum atomic E-state index is 13.3. The van der Waals surface area contributed by atoms with Gasteiger partial charge < -0.3 is 9.64 Å². The number of ether oxygens (including phenoxy) is 1. The van der Waals surface area contributed by atoms with E-state index in [1.54, 1.807) is 17.1 Å². The molecular formula is C22H17ClF3N5O2. The molecule has 0 N–H and O–H groups in total. The number of rotatable bonds is 4. The van der Waals surface area contributed by atoms with Gasteiger partial charge in [0, 0.05) is 24.5 Å². The molecule has 1 amide bonds. The summed E-state index contributed by atoms with van der Waals surface area (Å²) in [7, 11) is 0. The number of fused-ring (bicyclic) bond motifs is 1. The summed E-state index contributed by atoms with van der Waals surface area (Å²) in [6.45, 7) is 3.05. The summed E-state index contributed by atoms with van der Waals surface area (Å²) in [6.07, 6.45) is -3.39. The zero-order valence-corrected chi connectivity index (χ0v) is 18.3. The van der Waals surface area contributed by atoms with E-state index in [1.165, 1.54) is 11.0 Å². The number of alkyl halides is 3. The van der Waals surface area contributed by atoms with Gasteiger partial charge in [-0.3, -0.25) is 4.79 Å². The molecule has 0 fully saturated rings. The molecule has 1 atom stereocenters. The molecular weight excluding hydrogens is 459 g/mol. The standard InChI is InChI=1S/C22H17ClF3N5O2/c1-12-5-6-28-18(7-12)31-10-15-9-30(11-16(15)29-31)21(32)19-17(33-13(2)22(24,25)26)4-3-14(8-27)20(19)23/h3-7,10,13H,9,11H2,1-2H3. The number of hydrogen-bond donors (Lipinski definition) is 0. The van der Waals surface area contributed by atoms with Crippen LogP contribution in [0, 0.1) is 18.3 Å². The van der Waals surface area contributed by atoms with Crippen molar-refractivity contribution >= 4 is 17.5 Å². The van der Waals surface area contributed by atoms with Gasteiger partial charge in [0.15, 0.2) is 11.9 Å². The molecule has 0 aliphatic carbocycles. The van der Waals surface area contributed by atoms with E-state index in [0.29, 0.717) is 11.5 Å². The van der Waals surface area contributed by atoms with Gasteiger partial charge in [0.05, 0.1) is 22.8 Å². The average molecular weight is 476 g/mol. The number of carbonyl (C=O) groups excluding carboxylic acids is 1. The molecule has 0 radical (unpaired) electrons. The summed E-state index contributed by atoms with van der Waals surface area (Å²) >= 11 is 6.23. The summed E-state index contributed by atoms with van der Waals surface area (Å²) in [4.78, 5) is 18.9. The molecule has 0 saturated carbocycles. The average Bonchev–Trinajstić information content (AvgIpc) is 3.32. The van der Waals surface area contributed by atoms with Crippen LogP contribution < -0.4 is 4.74 Å². The number of hydrogen-bond acceptors (Lipinski definition) is 5. The smallest absolute Gasteiger partial charge is 0.425 e. The SMILES string of the molecule is Cc1ccnc(-n2cc3c(n2)CN(C(=O)c2c(OC(C)C(F)(F)F)ccc(C#N)c2Cl)C3)c1. The third-order valence-electron chi connectivity index (χ3n) is 5.20. The van der Waals surface area contributed by atoms with Crippen molar-refractivity contribution in [3.8, 4) is 17.6 Å². The minimum atomic E-state index is -4.64. The fourth-order valence-electron chi connectivity index (χ4n) is 3.42. The highest BCUT2D eigenvalue weighted by Gasteiger charge is 2.39. The van der Waals surface area contributed by atoms with Gasteiger partial charge in [-0.1, -0.05) is 11.6 Å². The van der Waals surface area contributed by atoms with Gasteiger partial charge in [-0.25, -0.2) is 9.67 Å². The van der Waals surface area contributed by atoms with Crippen LogP contribution in [-0.4, -0.2) is 37.9 Å². The van der Waals surface area contributed by atoms with Crippen LogP contribution in [-0.2, 0) is 13.1 Å². The highest BCUT2D eigenvalue weighted by molar-refractivity contribution is 6.35. The molecule has 33 heavy (non-hydrogen) atoms. The van der Waals surface area contributed by atoms with E-state index in [1.807, 2.05) is 25.1 Å². The van der Waals surface area contributed by atoms with E-state index >= 15 is 0 Å². The molecule has 0 spiro atoms. The second-order valence-corrected chi connectivity index (χ2v) is 7.99. The topological polar surface area (TPSA) is 84.0 Å². The molecule has 3 heterocycles.